The maximum absolute atomic E-state index is 12.0. The minimum atomic E-state index is -3.77. The van der Waals surface area contributed by atoms with Crippen LogP contribution in [0.4, 0.5) is 11.6 Å². The van der Waals surface area contributed by atoms with Gasteiger partial charge in [0.1, 0.15) is 16.5 Å². The summed E-state index contributed by atoms with van der Waals surface area (Å²) in [5.74, 6) is 0.156. The summed E-state index contributed by atoms with van der Waals surface area (Å²) in [6, 6.07) is 6.09. The summed E-state index contributed by atoms with van der Waals surface area (Å²) >= 11 is 3.21. The highest BCUT2D eigenvalue weighted by molar-refractivity contribution is 9.10. The Morgan fingerprint density at radius 1 is 1.22 bits per heavy atom. The molecule has 0 atom stereocenters. The number of hydrogen-bond donors (Lipinski definition) is 2. The van der Waals surface area contributed by atoms with E-state index in [-0.39, 0.29) is 16.5 Å². The molecular formula is C10H9BrN4O2S. The van der Waals surface area contributed by atoms with Crippen LogP contribution in [0.3, 0.4) is 0 Å². The zero-order chi connectivity index (χ0) is 13.2. The molecule has 0 aliphatic rings. The molecule has 2 aromatic rings. The third-order valence-corrected chi connectivity index (χ3v) is 3.93. The van der Waals surface area contributed by atoms with Crippen molar-refractivity contribution in [2.45, 2.75) is 4.90 Å². The van der Waals surface area contributed by atoms with Crippen molar-refractivity contribution in [3.63, 3.8) is 0 Å². The predicted octanol–water partition coefficient (Wildman–Crippen LogP) is 1.62. The number of nitrogens with zero attached hydrogens (tertiary/aromatic N) is 2. The second-order valence-corrected chi connectivity index (χ2v) is 5.92. The molecule has 0 amide bonds. The van der Waals surface area contributed by atoms with Crippen molar-refractivity contribution < 1.29 is 8.42 Å². The average Bonchev–Trinajstić information content (AvgIpc) is 2.32. The van der Waals surface area contributed by atoms with Gasteiger partial charge in [-0.05, 0) is 40.2 Å². The van der Waals surface area contributed by atoms with Gasteiger partial charge in [0.15, 0.2) is 0 Å². The van der Waals surface area contributed by atoms with Gasteiger partial charge in [-0.3, -0.25) is 4.72 Å². The van der Waals surface area contributed by atoms with E-state index in [2.05, 4.69) is 30.6 Å². The number of nitrogen functional groups attached to an aromatic ring is 1. The first-order chi connectivity index (χ1) is 8.49. The summed E-state index contributed by atoms with van der Waals surface area (Å²) in [5, 5.41) is 0. The Hall–Kier alpha value is -1.67. The molecule has 0 bridgehead atoms. The summed E-state index contributed by atoms with van der Waals surface area (Å²) in [5.41, 5.74) is 5.53. The fourth-order valence-electron chi connectivity index (χ4n) is 1.26. The minimum Gasteiger partial charge on any atom is -0.383 e. The molecule has 3 N–H and O–H groups in total. The van der Waals surface area contributed by atoms with E-state index in [1.165, 1.54) is 30.6 Å². The number of pyridine rings is 2. The number of hydrogen-bond acceptors (Lipinski definition) is 5. The molecule has 94 valence electrons. The lowest BCUT2D eigenvalue weighted by molar-refractivity contribution is 0.601. The summed E-state index contributed by atoms with van der Waals surface area (Å²) in [4.78, 5) is 7.58. The minimum absolute atomic E-state index is 0.0536. The Balaban J connectivity index is 2.33. The van der Waals surface area contributed by atoms with Crippen molar-refractivity contribution in [2.24, 2.45) is 0 Å². The van der Waals surface area contributed by atoms with Gasteiger partial charge in [0, 0.05) is 16.9 Å². The molecule has 2 rings (SSSR count). The Labute approximate surface area is 112 Å². The summed E-state index contributed by atoms with van der Waals surface area (Å²) in [6.45, 7) is 0. The fourth-order valence-corrected chi connectivity index (χ4v) is 2.59. The molecule has 8 heteroatoms. The molecule has 0 saturated heterocycles. The standard InChI is InChI=1S/C10H9BrN4O2S/c11-7-3-4-9(14-6-7)15-18(16,17)8-2-1-5-13-10(8)12/h1-6H,(H2,12,13)(H,14,15). The molecule has 2 aromatic heterocycles. The van der Waals surface area contributed by atoms with Gasteiger partial charge in [-0.1, -0.05) is 0 Å². The highest BCUT2D eigenvalue weighted by Gasteiger charge is 2.18. The Kier molecular flexibility index (Phi) is 3.48. The molecule has 2 heterocycles. The fraction of sp³-hybridized carbons (Fsp3) is 0. The van der Waals surface area contributed by atoms with Crippen molar-refractivity contribution in [3.8, 4) is 0 Å². The lowest BCUT2D eigenvalue weighted by Gasteiger charge is -2.08. The first-order valence-electron chi connectivity index (χ1n) is 4.84. The second-order valence-electron chi connectivity index (χ2n) is 3.35. The maximum atomic E-state index is 12.0. The highest BCUT2D eigenvalue weighted by atomic mass is 79.9. The van der Waals surface area contributed by atoms with Crippen molar-refractivity contribution >= 4 is 37.6 Å². The number of anilines is 2. The van der Waals surface area contributed by atoms with Crippen LogP contribution >= 0.6 is 15.9 Å². The molecule has 0 spiro atoms. The topological polar surface area (TPSA) is 98.0 Å². The summed E-state index contributed by atoms with van der Waals surface area (Å²) < 4.78 is 27.1. The van der Waals surface area contributed by atoms with E-state index in [0.29, 0.717) is 0 Å². The molecule has 0 unspecified atom stereocenters. The highest BCUT2D eigenvalue weighted by Crippen LogP contribution is 2.19. The Bertz CT molecular complexity index is 658. The zero-order valence-corrected chi connectivity index (χ0v) is 11.4. The van der Waals surface area contributed by atoms with Gasteiger partial charge >= 0.3 is 0 Å². The first-order valence-corrected chi connectivity index (χ1v) is 7.11. The van der Waals surface area contributed by atoms with Gasteiger partial charge in [-0.2, -0.15) is 0 Å². The van der Waals surface area contributed by atoms with Crippen LogP contribution in [0, 0.1) is 0 Å². The van der Waals surface area contributed by atoms with Gasteiger partial charge in [0.2, 0.25) is 0 Å². The third-order valence-electron chi connectivity index (χ3n) is 2.06. The summed E-state index contributed by atoms with van der Waals surface area (Å²) in [6.07, 6.45) is 2.91. The average molecular weight is 329 g/mol. The van der Waals surface area contributed by atoms with Crippen LogP contribution in [-0.2, 0) is 10.0 Å². The molecule has 18 heavy (non-hydrogen) atoms. The van der Waals surface area contributed by atoms with Crippen LogP contribution < -0.4 is 10.5 Å². The lowest BCUT2D eigenvalue weighted by Crippen LogP contribution is -2.16. The van der Waals surface area contributed by atoms with E-state index < -0.39 is 10.0 Å². The number of aromatic nitrogens is 2. The first kappa shape index (κ1) is 12.8. The van der Waals surface area contributed by atoms with Gasteiger partial charge in [0.25, 0.3) is 10.0 Å². The quantitative estimate of drug-likeness (QED) is 0.892. The van der Waals surface area contributed by atoms with Gasteiger partial charge in [-0.25, -0.2) is 18.4 Å². The van der Waals surface area contributed by atoms with E-state index >= 15 is 0 Å². The van der Waals surface area contributed by atoms with Gasteiger partial charge in [0.05, 0.1) is 0 Å². The van der Waals surface area contributed by atoms with Gasteiger partial charge in [-0.15, -0.1) is 0 Å². The predicted molar refractivity (Wildman–Crippen MR) is 71.4 cm³/mol. The Morgan fingerprint density at radius 2 is 2.00 bits per heavy atom. The van der Waals surface area contributed by atoms with Crippen LogP contribution in [0.1, 0.15) is 0 Å². The van der Waals surface area contributed by atoms with E-state index in [0.717, 1.165) is 4.47 Å². The number of halogens is 1. The van der Waals surface area contributed by atoms with E-state index in [9.17, 15) is 8.42 Å². The molecule has 0 fully saturated rings. The molecule has 0 aromatic carbocycles. The monoisotopic (exact) mass is 328 g/mol. The number of sulfonamides is 1. The molecule has 6 nitrogen and oxygen atoms in total. The van der Waals surface area contributed by atoms with Crippen molar-refractivity contribution in [3.05, 3.63) is 41.1 Å². The molecule has 0 saturated carbocycles. The van der Waals surface area contributed by atoms with Crippen LogP contribution in [0.2, 0.25) is 0 Å². The smallest absolute Gasteiger partial charge is 0.266 e. The van der Waals surface area contributed by atoms with Crippen molar-refractivity contribution in [1.82, 2.24) is 9.97 Å². The van der Waals surface area contributed by atoms with Gasteiger partial charge < -0.3 is 5.73 Å². The molecule has 0 radical (unpaired) electrons. The van der Waals surface area contributed by atoms with E-state index in [1.54, 1.807) is 6.07 Å². The Morgan fingerprint density at radius 3 is 2.61 bits per heavy atom. The zero-order valence-electron chi connectivity index (χ0n) is 9.04. The second kappa shape index (κ2) is 4.91. The normalized spacial score (nSPS) is 11.2. The van der Waals surface area contributed by atoms with Crippen molar-refractivity contribution in [1.29, 1.82) is 0 Å². The van der Waals surface area contributed by atoms with Crippen LogP contribution in [-0.4, -0.2) is 18.4 Å². The largest absolute Gasteiger partial charge is 0.383 e. The number of nitrogens with two attached hydrogens (primary N) is 1. The van der Waals surface area contributed by atoms with Crippen LogP contribution in [0.15, 0.2) is 46.0 Å². The molecule has 0 aliphatic heterocycles. The number of rotatable bonds is 3. The third kappa shape index (κ3) is 2.77. The van der Waals surface area contributed by atoms with Crippen molar-refractivity contribution in [2.75, 3.05) is 10.5 Å². The lowest BCUT2D eigenvalue weighted by atomic mass is 10.5. The summed E-state index contributed by atoms with van der Waals surface area (Å²) in [7, 11) is -3.77. The SMILES string of the molecule is Nc1ncccc1S(=O)(=O)Nc1ccc(Br)cn1. The maximum Gasteiger partial charge on any atom is 0.266 e. The number of nitrogens with one attached hydrogen (secondary N) is 1. The van der Waals surface area contributed by atoms with E-state index in [1.807, 2.05) is 0 Å². The van der Waals surface area contributed by atoms with Crippen LogP contribution in [0.5, 0.6) is 0 Å². The molecular weight excluding hydrogens is 320 g/mol. The van der Waals surface area contributed by atoms with E-state index in [4.69, 9.17) is 5.73 Å². The molecule has 0 aliphatic carbocycles. The van der Waals surface area contributed by atoms with Crippen LogP contribution in [0.25, 0.3) is 0 Å².